The van der Waals surface area contributed by atoms with Gasteiger partial charge in [0.15, 0.2) is 0 Å². The number of carbonyl (C=O) groups is 1. The number of aromatic carboxylic acids is 1. The standard InChI is InChI=1S/C12H9ClN2O3S/c13-8-1-3-9(4-2-8)19(18)6-11-10(12(16)17)5-14-7-15-11/h1-5,7H,6H2,(H,16,17). The Bertz CT molecular complexity index is 631. The number of hydrogen-bond acceptors (Lipinski definition) is 4. The van der Waals surface area contributed by atoms with Crippen LogP contribution in [0.3, 0.4) is 0 Å². The highest BCUT2D eigenvalue weighted by Gasteiger charge is 2.14. The molecule has 0 fully saturated rings. The lowest BCUT2D eigenvalue weighted by Crippen LogP contribution is -2.08. The minimum Gasteiger partial charge on any atom is -0.478 e. The summed E-state index contributed by atoms with van der Waals surface area (Å²) in [5, 5.41) is 9.54. The van der Waals surface area contributed by atoms with Crippen LogP contribution in [-0.2, 0) is 16.6 Å². The Morgan fingerprint density at radius 3 is 2.63 bits per heavy atom. The van der Waals surface area contributed by atoms with Crippen molar-refractivity contribution >= 4 is 28.4 Å². The summed E-state index contributed by atoms with van der Waals surface area (Å²) in [6.45, 7) is 0. The Morgan fingerprint density at radius 1 is 1.32 bits per heavy atom. The lowest BCUT2D eigenvalue weighted by Gasteiger charge is -2.04. The largest absolute Gasteiger partial charge is 0.478 e. The monoisotopic (exact) mass is 296 g/mol. The van der Waals surface area contributed by atoms with Crippen LogP contribution in [-0.4, -0.2) is 25.3 Å². The summed E-state index contributed by atoms with van der Waals surface area (Å²) in [5.41, 5.74) is 0.209. The fourth-order valence-electron chi connectivity index (χ4n) is 1.44. The number of rotatable bonds is 4. The number of aromatic nitrogens is 2. The molecule has 98 valence electrons. The highest BCUT2D eigenvalue weighted by molar-refractivity contribution is 7.84. The third kappa shape index (κ3) is 3.36. The second kappa shape index (κ2) is 5.90. The van der Waals surface area contributed by atoms with Gasteiger partial charge in [-0.15, -0.1) is 0 Å². The number of carboxylic acids is 1. The fraction of sp³-hybridized carbons (Fsp3) is 0.0833. The van der Waals surface area contributed by atoms with E-state index in [1.165, 1.54) is 12.5 Å². The predicted molar refractivity (Wildman–Crippen MR) is 70.6 cm³/mol. The topological polar surface area (TPSA) is 80.2 Å². The van der Waals surface area contributed by atoms with Gasteiger partial charge in [0, 0.05) is 16.1 Å². The van der Waals surface area contributed by atoms with E-state index in [0.717, 1.165) is 0 Å². The van der Waals surface area contributed by atoms with E-state index in [9.17, 15) is 9.00 Å². The van der Waals surface area contributed by atoms with Gasteiger partial charge in [-0.2, -0.15) is 0 Å². The molecule has 2 aromatic rings. The molecule has 0 spiro atoms. The number of halogens is 1. The molecule has 1 heterocycles. The minimum atomic E-state index is -1.38. The Balaban J connectivity index is 2.24. The average Bonchev–Trinajstić information content (AvgIpc) is 2.39. The first kappa shape index (κ1) is 13.6. The van der Waals surface area contributed by atoms with Gasteiger partial charge in [-0.05, 0) is 24.3 Å². The zero-order valence-electron chi connectivity index (χ0n) is 9.62. The summed E-state index contributed by atoms with van der Waals surface area (Å²) in [6.07, 6.45) is 2.44. The maximum atomic E-state index is 12.1. The van der Waals surface area contributed by atoms with Crippen molar-refractivity contribution in [3.05, 3.63) is 53.1 Å². The fourth-order valence-corrected chi connectivity index (χ4v) is 2.65. The number of carboxylic acid groups (broad SMARTS) is 1. The molecular formula is C12H9ClN2O3S. The van der Waals surface area contributed by atoms with E-state index in [4.69, 9.17) is 16.7 Å². The van der Waals surface area contributed by atoms with Gasteiger partial charge in [0.1, 0.15) is 11.9 Å². The van der Waals surface area contributed by atoms with Crippen molar-refractivity contribution in [2.75, 3.05) is 0 Å². The SMILES string of the molecule is O=C(O)c1cncnc1CS(=O)c1ccc(Cl)cc1. The Morgan fingerprint density at radius 2 is 2.00 bits per heavy atom. The second-order valence-corrected chi connectivity index (χ2v) is 5.52. The van der Waals surface area contributed by atoms with Crippen LogP contribution in [0.4, 0.5) is 0 Å². The van der Waals surface area contributed by atoms with E-state index in [1.54, 1.807) is 24.3 Å². The van der Waals surface area contributed by atoms with E-state index in [2.05, 4.69) is 9.97 Å². The van der Waals surface area contributed by atoms with Crippen LogP contribution in [0, 0.1) is 0 Å². The van der Waals surface area contributed by atoms with Gasteiger partial charge in [0.2, 0.25) is 0 Å². The van der Waals surface area contributed by atoms with Gasteiger partial charge in [0.25, 0.3) is 0 Å². The Hall–Kier alpha value is -1.79. The van der Waals surface area contributed by atoms with Crippen LogP contribution in [0.1, 0.15) is 16.1 Å². The summed E-state index contributed by atoms with van der Waals surface area (Å²) >= 11 is 5.75. The van der Waals surface area contributed by atoms with Crippen molar-refractivity contribution in [2.24, 2.45) is 0 Å². The van der Waals surface area contributed by atoms with Crippen molar-refractivity contribution < 1.29 is 14.1 Å². The van der Waals surface area contributed by atoms with Gasteiger partial charge in [-0.1, -0.05) is 11.6 Å². The quantitative estimate of drug-likeness (QED) is 0.935. The van der Waals surface area contributed by atoms with Crippen molar-refractivity contribution in [3.8, 4) is 0 Å². The zero-order chi connectivity index (χ0) is 13.8. The molecule has 0 amide bonds. The third-order valence-electron chi connectivity index (χ3n) is 2.37. The molecule has 0 saturated heterocycles. The first-order valence-corrected chi connectivity index (χ1v) is 6.93. The van der Waals surface area contributed by atoms with E-state index in [0.29, 0.717) is 9.92 Å². The van der Waals surface area contributed by atoms with Crippen LogP contribution in [0.5, 0.6) is 0 Å². The summed E-state index contributed by atoms with van der Waals surface area (Å²) in [4.78, 5) is 19.1. The smallest absolute Gasteiger partial charge is 0.339 e. The summed E-state index contributed by atoms with van der Waals surface area (Å²) < 4.78 is 12.1. The highest BCUT2D eigenvalue weighted by Crippen LogP contribution is 2.16. The molecule has 0 bridgehead atoms. The zero-order valence-corrected chi connectivity index (χ0v) is 11.2. The number of nitrogens with zero attached hydrogens (tertiary/aromatic N) is 2. The van der Waals surface area contributed by atoms with Gasteiger partial charge in [-0.25, -0.2) is 14.8 Å². The summed E-state index contributed by atoms with van der Waals surface area (Å²) in [5.74, 6) is -1.12. The van der Waals surface area contributed by atoms with Crippen molar-refractivity contribution in [2.45, 2.75) is 10.6 Å². The van der Waals surface area contributed by atoms with Gasteiger partial charge < -0.3 is 5.11 Å². The van der Waals surface area contributed by atoms with Crippen LogP contribution in [0.15, 0.2) is 41.7 Å². The maximum absolute atomic E-state index is 12.1. The normalized spacial score (nSPS) is 12.1. The van der Waals surface area contributed by atoms with Gasteiger partial charge in [0.05, 0.1) is 22.2 Å². The highest BCUT2D eigenvalue weighted by atomic mass is 35.5. The predicted octanol–water partition coefficient (Wildman–Crippen LogP) is 2.14. The van der Waals surface area contributed by atoms with Crippen LogP contribution in [0.2, 0.25) is 5.02 Å². The minimum absolute atomic E-state index is 0.0196. The van der Waals surface area contributed by atoms with Gasteiger partial charge >= 0.3 is 5.97 Å². The average molecular weight is 297 g/mol. The maximum Gasteiger partial charge on any atom is 0.339 e. The molecule has 0 saturated carbocycles. The molecule has 1 unspecified atom stereocenters. The van der Waals surface area contributed by atoms with E-state index >= 15 is 0 Å². The molecule has 0 radical (unpaired) electrons. The summed E-state index contributed by atoms with van der Waals surface area (Å²) in [7, 11) is -1.38. The van der Waals surface area contributed by atoms with Crippen LogP contribution < -0.4 is 0 Å². The molecule has 7 heteroatoms. The molecule has 1 aromatic carbocycles. The molecule has 1 aromatic heterocycles. The summed E-state index contributed by atoms with van der Waals surface area (Å²) in [6, 6.07) is 6.54. The second-order valence-electron chi connectivity index (χ2n) is 3.63. The number of hydrogen-bond donors (Lipinski definition) is 1. The van der Waals surface area contributed by atoms with Crippen molar-refractivity contribution in [1.29, 1.82) is 0 Å². The molecule has 1 N–H and O–H groups in total. The van der Waals surface area contributed by atoms with Crippen molar-refractivity contribution in [3.63, 3.8) is 0 Å². The van der Waals surface area contributed by atoms with Crippen LogP contribution >= 0.6 is 11.6 Å². The van der Waals surface area contributed by atoms with E-state index in [-0.39, 0.29) is 17.0 Å². The first-order chi connectivity index (χ1) is 9.08. The van der Waals surface area contributed by atoms with E-state index < -0.39 is 16.8 Å². The molecule has 0 aliphatic heterocycles. The molecule has 5 nitrogen and oxygen atoms in total. The van der Waals surface area contributed by atoms with E-state index in [1.807, 2.05) is 0 Å². The van der Waals surface area contributed by atoms with Crippen LogP contribution in [0.25, 0.3) is 0 Å². The number of benzene rings is 1. The van der Waals surface area contributed by atoms with Crippen molar-refractivity contribution in [1.82, 2.24) is 9.97 Å². The Labute approximate surface area is 116 Å². The Kier molecular flexibility index (Phi) is 4.24. The molecular weight excluding hydrogens is 288 g/mol. The first-order valence-electron chi connectivity index (χ1n) is 5.24. The third-order valence-corrected chi connectivity index (χ3v) is 3.96. The molecule has 1 atom stereocenters. The molecule has 0 aliphatic carbocycles. The lowest BCUT2D eigenvalue weighted by atomic mass is 10.2. The lowest BCUT2D eigenvalue weighted by molar-refractivity contribution is 0.0695. The molecule has 19 heavy (non-hydrogen) atoms. The van der Waals surface area contributed by atoms with Gasteiger partial charge in [-0.3, -0.25) is 4.21 Å². The molecule has 2 rings (SSSR count). The molecule has 0 aliphatic rings.